The summed E-state index contributed by atoms with van der Waals surface area (Å²) in [5, 5.41) is 2.37. The average Bonchev–Trinajstić information content (AvgIpc) is 2.64. The lowest BCUT2D eigenvalue weighted by Gasteiger charge is -2.53. The maximum Gasteiger partial charge on any atom is 0.169 e. The van der Waals surface area contributed by atoms with Crippen LogP contribution in [-0.2, 0) is 0 Å². The van der Waals surface area contributed by atoms with Crippen LogP contribution in [0.15, 0.2) is 29.3 Å². The van der Waals surface area contributed by atoms with E-state index < -0.39 is 0 Å². The van der Waals surface area contributed by atoms with Gasteiger partial charge in [-0.25, -0.2) is 0 Å². The van der Waals surface area contributed by atoms with Crippen molar-refractivity contribution in [3.8, 4) is 0 Å². The van der Waals surface area contributed by atoms with Crippen LogP contribution >= 0.6 is 12.2 Å². The van der Waals surface area contributed by atoms with E-state index in [1.165, 1.54) is 44.9 Å². The molecular formula is C21H27NOS. The first-order valence-corrected chi connectivity index (χ1v) is 9.77. The van der Waals surface area contributed by atoms with Crippen LogP contribution in [0.3, 0.4) is 0 Å². The maximum absolute atomic E-state index is 13.1. The lowest BCUT2D eigenvalue weighted by atomic mass is 9.51. The van der Waals surface area contributed by atoms with E-state index in [0.717, 1.165) is 30.5 Å². The molecule has 4 rings (SSSR count). The van der Waals surface area contributed by atoms with Crippen molar-refractivity contribution in [3.05, 3.63) is 29.8 Å². The number of carbonyl (C=O) groups excluding carboxylic acids is 1. The van der Waals surface area contributed by atoms with Gasteiger partial charge in [-0.05, 0) is 86.8 Å². The van der Waals surface area contributed by atoms with E-state index in [-0.39, 0.29) is 5.41 Å². The minimum absolute atomic E-state index is 0.0958. The van der Waals surface area contributed by atoms with Crippen molar-refractivity contribution in [3.63, 3.8) is 0 Å². The molecule has 1 aromatic rings. The summed E-state index contributed by atoms with van der Waals surface area (Å²) in [4.78, 5) is 17.1. The van der Waals surface area contributed by atoms with Gasteiger partial charge in [0.25, 0.3) is 0 Å². The summed E-state index contributed by atoms with van der Waals surface area (Å²) in [6, 6.07) is 7.54. The Balaban J connectivity index is 1.68. The molecule has 2 nitrogen and oxygen atoms in total. The molecular weight excluding hydrogens is 314 g/mol. The van der Waals surface area contributed by atoms with Crippen LogP contribution in [0.25, 0.3) is 0 Å². The fourth-order valence-electron chi connectivity index (χ4n) is 4.78. The highest BCUT2D eigenvalue weighted by molar-refractivity contribution is 7.78. The number of carbonyl (C=O) groups is 1. The number of fused-ring (bicyclic) bond motifs is 3. The highest BCUT2D eigenvalue weighted by atomic mass is 32.1. The standard InChI is InChI=1S/C21H27NOS/c1-2-3-4-9-20-10-13-21(14-11-20,15-12-20)19(23)17-5-7-18(8-6-17)22-16-24/h5-8H,2-4,9-15H2,1H3. The molecule has 3 heteroatoms. The molecule has 3 aliphatic carbocycles. The molecule has 0 aromatic heterocycles. The van der Waals surface area contributed by atoms with Crippen LogP contribution in [0, 0.1) is 10.8 Å². The highest BCUT2D eigenvalue weighted by Crippen LogP contribution is 2.59. The predicted octanol–water partition coefficient (Wildman–Crippen LogP) is 6.52. The average molecular weight is 342 g/mol. The van der Waals surface area contributed by atoms with Crippen molar-refractivity contribution in [2.75, 3.05) is 0 Å². The molecule has 3 aliphatic rings. The summed E-state index contributed by atoms with van der Waals surface area (Å²) in [5.74, 6) is 0.349. The Morgan fingerprint density at radius 2 is 1.71 bits per heavy atom. The Kier molecular flexibility index (Phi) is 5.32. The number of nitrogens with zero attached hydrogens (tertiary/aromatic N) is 1. The highest BCUT2D eigenvalue weighted by Gasteiger charge is 2.51. The number of hydrogen-bond donors (Lipinski definition) is 0. The monoisotopic (exact) mass is 341 g/mol. The minimum Gasteiger partial charge on any atom is -0.294 e. The van der Waals surface area contributed by atoms with E-state index >= 15 is 0 Å². The van der Waals surface area contributed by atoms with Crippen molar-refractivity contribution >= 4 is 28.8 Å². The number of hydrogen-bond acceptors (Lipinski definition) is 3. The summed E-state index contributed by atoms with van der Waals surface area (Å²) in [7, 11) is 0. The lowest BCUT2D eigenvalue weighted by Crippen LogP contribution is -2.45. The third-order valence-corrected chi connectivity index (χ3v) is 6.59. The summed E-state index contributed by atoms with van der Waals surface area (Å²) < 4.78 is 0. The Bertz CT molecular complexity index is 618. The van der Waals surface area contributed by atoms with Gasteiger partial charge in [0.1, 0.15) is 0 Å². The predicted molar refractivity (Wildman–Crippen MR) is 102 cm³/mol. The van der Waals surface area contributed by atoms with Crippen LogP contribution in [0.5, 0.6) is 0 Å². The van der Waals surface area contributed by atoms with Crippen LogP contribution in [-0.4, -0.2) is 10.9 Å². The molecule has 3 fully saturated rings. The Morgan fingerprint density at radius 1 is 1.08 bits per heavy atom. The second kappa shape index (κ2) is 7.29. The molecule has 0 unspecified atom stereocenters. The van der Waals surface area contributed by atoms with Crippen molar-refractivity contribution < 1.29 is 4.79 Å². The SMILES string of the molecule is CCCCCC12CCC(C(=O)c3ccc(N=C=S)cc3)(CC1)CC2. The van der Waals surface area contributed by atoms with E-state index in [1.807, 2.05) is 24.3 Å². The van der Waals surface area contributed by atoms with Gasteiger partial charge in [-0.2, -0.15) is 4.99 Å². The molecule has 0 radical (unpaired) electrons. The van der Waals surface area contributed by atoms with Gasteiger partial charge in [-0.15, -0.1) is 0 Å². The molecule has 0 aliphatic heterocycles. The number of aliphatic imine (C=N–C) groups is 1. The smallest absolute Gasteiger partial charge is 0.169 e. The summed E-state index contributed by atoms with van der Waals surface area (Å²) in [6.07, 6.45) is 12.4. The molecule has 0 spiro atoms. The van der Waals surface area contributed by atoms with Gasteiger partial charge in [0.2, 0.25) is 0 Å². The van der Waals surface area contributed by atoms with E-state index in [1.54, 1.807) is 0 Å². The van der Waals surface area contributed by atoms with Gasteiger partial charge in [-0.1, -0.05) is 26.2 Å². The zero-order valence-electron chi connectivity index (χ0n) is 14.6. The van der Waals surface area contributed by atoms with Crippen molar-refractivity contribution in [2.45, 2.75) is 71.1 Å². The van der Waals surface area contributed by atoms with Crippen molar-refractivity contribution in [1.82, 2.24) is 0 Å². The number of isothiocyanates is 1. The van der Waals surface area contributed by atoms with E-state index in [2.05, 4.69) is 29.3 Å². The van der Waals surface area contributed by atoms with Crippen molar-refractivity contribution in [1.29, 1.82) is 0 Å². The molecule has 1 aromatic carbocycles. The second-order valence-electron chi connectivity index (χ2n) is 7.82. The summed E-state index contributed by atoms with van der Waals surface area (Å²) in [6.45, 7) is 2.27. The molecule has 0 N–H and O–H groups in total. The molecule has 128 valence electrons. The second-order valence-corrected chi connectivity index (χ2v) is 8.00. The van der Waals surface area contributed by atoms with Crippen LogP contribution in [0.2, 0.25) is 0 Å². The third-order valence-electron chi connectivity index (χ3n) is 6.50. The van der Waals surface area contributed by atoms with Gasteiger partial charge in [-0.3, -0.25) is 4.79 Å². The zero-order chi connectivity index (χ0) is 17.0. The number of unbranched alkanes of at least 4 members (excludes halogenated alkanes) is 2. The maximum atomic E-state index is 13.1. The molecule has 24 heavy (non-hydrogen) atoms. The normalized spacial score (nSPS) is 28.4. The number of thiocarbonyl (C=S) groups is 1. The third kappa shape index (κ3) is 3.38. The van der Waals surface area contributed by atoms with E-state index in [9.17, 15) is 4.79 Å². The Hall–Kier alpha value is -1.31. The van der Waals surface area contributed by atoms with Crippen LogP contribution in [0.1, 0.15) is 81.5 Å². The largest absolute Gasteiger partial charge is 0.294 e. The van der Waals surface area contributed by atoms with Gasteiger partial charge in [0, 0.05) is 11.0 Å². The molecule has 0 saturated heterocycles. The molecule has 2 bridgehead atoms. The number of rotatable bonds is 7. The molecule has 0 atom stereocenters. The molecule has 3 saturated carbocycles. The lowest BCUT2D eigenvalue weighted by molar-refractivity contribution is -0.00471. The first kappa shape index (κ1) is 17.5. The fourth-order valence-corrected chi connectivity index (χ4v) is 4.88. The fraction of sp³-hybridized carbons (Fsp3) is 0.619. The van der Waals surface area contributed by atoms with E-state index in [4.69, 9.17) is 0 Å². The van der Waals surface area contributed by atoms with Gasteiger partial charge >= 0.3 is 0 Å². The Morgan fingerprint density at radius 3 is 2.25 bits per heavy atom. The first-order chi connectivity index (χ1) is 11.6. The topological polar surface area (TPSA) is 29.4 Å². The molecule has 0 amide bonds. The quantitative estimate of drug-likeness (QED) is 0.244. The minimum atomic E-state index is -0.0958. The number of Topliss-reactive ketones (excluding diaryl/α,β-unsaturated/α-hetero) is 1. The van der Waals surface area contributed by atoms with E-state index in [0.29, 0.717) is 11.2 Å². The van der Waals surface area contributed by atoms with Gasteiger partial charge in [0.05, 0.1) is 10.8 Å². The number of benzene rings is 1. The first-order valence-electron chi connectivity index (χ1n) is 9.36. The molecule has 0 heterocycles. The summed E-state index contributed by atoms with van der Waals surface area (Å²) in [5.41, 5.74) is 2.05. The van der Waals surface area contributed by atoms with Crippen LogP contribution in [0.4, 0.5) is 5.69 Å². The van der Waals surface area contributed by atoms with Gasteiger partial charge in [0.15, 0.2) is 5.78 Å². The van der Waals surface area contributed by atoms with Crippen molar-refractivity contribution in [2.24, 2.45) is 15.8 Å². The van der Waals surface area contributed by atoms with Gasteiger partial charge < -0.3 is 0 Å². The number of ketones is 1. The summed E-state index contributed by atoms with van der Waals surface area (Å²) >= 11 is 4.63. The van der Waals surface area contributed by atoms with Crippen LogP contribution < -0.4 is 0 Å². The Labute approximate surface area is 150 Å². The zero-order valence-corrected chi connectivity index (χ0v) is 15.5.